The summed E-state index contributed by atoms with van der Waals surface area (Å²) in [5, 5.41) is 3.42. The summed E-state index contributed by atoms with van der Waals surface area (Å²) in [6, 6.07) is 8.33. The van der Waals surface area contributed by atoms with Gasteiger partial charge in [0.05, 0.1) is 12.2 Å². The Morgan fingerprint density at radius 2 is 2.00 bits per heavy atom. The molecule has 1 aromatic carbocycles. The summed E-state index contributed by atoms with van der Waals surface area (Å²) in [7, 11) is 0. The Morgan fingerprint density at radius 3 is 2.74 bits per heavy atom. The second-order valence-corrected chi connectivity index (χ2v) is 5.95. The van der Waals surface area contributed by atoms with Crippen LogP contribution < -0.4 is 10.1 Å². The van der Waals surface area contributed by atoms with E-state index in [2.05, 4.69) is 37.4 Å². The maximum atomic E-state index is 6.35. The van der Waals surface area contributed by atoms with Crippen LogP contribution in [0.3, 0.4) is 0 Å². The molecular weight excluding hydrogens is 238 g/mol. The highest BCUT2D eigenvalue weighted by Gasteiger charge is 2.42. The van der Waals surface area contributed by atoms with Crippen LogP contribution in [0.5, 0.6) is 5.75 Å². The zero-order chi connectivity index (χ0) is 13.3. The highest BCUT2D eigenvalue weighted by atomic mass is 16.5. The van der Waals surface area contributed by atoms with Crippen molar-refractivity contribution in [2.24, 2.45) is 0 Å². The quantitative estimate of drug-likeness (QED) is 0.887. The van der Waals surface area contributed by atoms with Crippen molar-refractivity contribution in [3.8, 4) is 5.75 Å². The van der Waals surface area contributed by atoms with Crippen molar-refractivity contribution in [2.75, 3.05) is 13.1 Å². The predicted molar refractivity (Wildman–Crippen MR) is 75.5 cm³/mol. The Bertz CT molecular complexity index is 438. The van der Waals surface area contributed by atoms with E-state index >= 15 is 0 Å². The van der Waals surface area contributed by atoms with E-state index in [0.717, 1.165) is 38.1 Å². The molecule has 0 radical (unpaired) electrons. The second-order valence-electron chi connectivity index (χ2n) is 5.95. The molecule has 0 aliphatic carbocycles. The molecule has 0 saturated carbocycles. The number of para-hydroxylation sites is 1. The number of piperidine rings is 1. The molecule has 1 unspecified atom stereocenters. The molecule has 1 N–H and O–H groups in total. The molecule has 1 aromatic rings. The molecule has 19 heavy (non-hydrogen) atoms. The molecular formula is C16H23NO2. The Morgan fingerprint density at radius 1 is 1.26 bits per heavy atom. The van der Waals surface area contributed by atoms with Crippen molar-refractivity contribution < 1.29 is 9.47 Å². The van der Waals surface area contributed by atoms with Crippen molar-refractivity contribution in [1.82, 2.24) is 5.32 Å². The zero-order valence-electron chi connectivity index (χ0n) is 11.8. The van der Waals surface area contributed by atoms with Gasteiger partial charge >= 0.3 is 0 Å². The average molecular weight is 261 g/mol. The number of ether oxygens (including phenoxy) is 2. The van der Waals surface area contributed by atoms with Gasteiger partial charge in [0.2, 0.25) is 0 Å². The van der Waals surface area contributed by atoms with Gasteiger partial charge in [0, 0.05) is 12.0 Å². The average Bonchev–Trinajstić information content (AvgIpc) is 2.39. The molecule has 2 heterocycles. The number of hydrogen-bond donors (Lipinski definition) is 1. The second kappa shape index (κ2) is 5.14. The predicted octanol–water partition coefficient (Wildman–Crippen LogP) is 3.06. The number of benzene rings is 1. The summed E-state index contributed by atoms with van der Waals surface area (Å²) in [5.74, 6) is 1.02. The van der Waals surface area contributed by atoms with Crippen molar-refractivity contribution in [3.05, 3.63) is 29.8 Å². The molecule has 2 aliphatic heterocycles. The van der Waals surface area contributed by atoms with Gasteiger partial charge in [-0.15, -0.1) is 0 Å². The van der Waals surface area contributed by atoms with Crippen molar-refractivity contribution in [3.63, 3.8) is 0 Å². The van der Waals surface area contributed by atoms with Crippen LogP contribution in [0, 0.1) is 0 Å². The van der Waals surface area contributed by atoms with Gasteiger partial charge in [0.25, 0.3) is 0 Å². The molecule has 0 aromatic heterocycles. The van der Waals surface area contributed by atoms with E-state index < -0.39 is 0 Å². The molecule has 3 nitrogen and oxygen atoms in total. The molecule has 1 saturated heterocycles. The van der Waals surface area contributed by atoms with Crippen LogP contribution in [0.1, 0.15) is 44.8 Å². The fraction of sp³-hybridized carbons (Fsp3) is 0.625. The molecule has 1 spiro atoms. The fourth-order valence-electron chi connectivity index (χ4n) is 3.20. The smallest absolute Gasteiger partial charge is 0.125 e. The molecule has 0 bridgehead atoms. The molecule has 1 fully saturated rings. The van der Waals surface area contributed by atoms with Gasteiger partial charge in [0.1, 0.15) is 11.4 Å². The molecule has 0 amide bonds. The largest absolute Gasteiger partial charge is 0.487 e. The summed E-state index contributed by atoms with van der Waals surface area (Å²) in [5.41, 5.74) is 1.18. The first-order chi connectivity index (χ1) is 9.19. The lowest BCUT2D eigenvalue weighted by Crippen LogP contribution is -2.49. The molecule has 2 aliphatic rings. The van der Waals surface area contributed by atoms with Crippen molar-refractivity contribution in [1.29, 1.82) is 0 Å². The van der Waals surface area contributed by atoms with E-state index in [9.17, 15) is 0 Å². The third-order valence-corrected chi connectivity index (χ3v) is 4.10. The van der Waals surface area contributed by atoms with Crippen LogP contribution in [-0.2, 0) is 4.74 Å². The van der Waals surface area contributed by atoms with E-state index in [4.69, 9.17) is 9.47 Å². The number of fused-ring (bicyclic) bond motifs is 1. The van der Waals surface area contributed by atoms with Crippen molar-refractivity contribution in [2.45, 2.75) is 50.9 Å². The summed E-state index contributed by atoms with van der Waals surface area (Å²) in [6.07, 6.45) is 3.53. The number of rotatable bonds is 2. The molecule has 104 valence electrons. The first kappa shape index (κ1) is 12.9. The van der Waals surface area contributed by atoms with Gasteiger partial charge < -0.3 is 14.8 Å². The lowest BCUT2D eigenvalue weighted by atomic mass is 9.82. The SMILES string of the molecule is CC(C)OC1CC2(CCNCC2)Oc2ccccc21. The Labute approximate surface area is 115 Å². The Hall–Kier alpha value is -1.06. The van der Waals surface area contributed by atoms with E-state index in [0.29, 0.717) is 0 Å². The van der Waals surface area contributed by atoms with E-state index in [1.165, 1.54) is 5.56 Å². The van der Waals surface area contributed by atoms with E-state index in [1.54, 1.807) is 0 Å². The number of hydrogen-bond acceptors (Lipinski definition) is 3. The fourth-order valence-corrected chi connectivity index (χ4v) is 3.20. The monoisotopic (exact) mass is 261 g/mol. The Kier molecular flexibility index (Phi) is 3.50. The molecule has 1 atom stereocenters. The van der Waals surface area contributed by atoms with Gasteiger partial charge in [-0.2, -0.15) is 0 Å². The van der Waals surface area contributed by atoms with Gasteiger partial charge in [-0.05, 0) is 45.8 Å². The highest BCUT2D eigenvalue weighted by molar-refractivity contribution is 5.38. The van der Waals surface area contributed by atoms with Crippen LogP contribution in [0.2, 0.25) is 0 Å². The van der Waals surface area contributed by atoms with Gasteiger partial charge in [0.15, 0.2) is 0 Å². The third-order valence-electron chi connectivity index (χ3n) is 4.10. The van der Waals surface area contributed by atoms with Crippen LogP contribution >= 0.6 is 0 Å². The van der Waals surface area contributed by atoms with Crippen molar-refractivity contribution >= 4 is 0 Å². The van der Waals surface area contributed by atoms with Crippen LogP contribution in [0.4, 0.5) is 0 Å². The first-order valence-corrected chi connectivity index (χ1v) is 7.33. The van der Waals surface area contributed by atoms with Gasteiger partial charge in [-0.3, -0.25) is 0 Å². The standard InChI is InChI=1S/C16H23NO2/c1-12(2)18-15-11-16(7-9-17-10-8-16)19-14-6-4-3-5-13(14)15/h3-6,12,15,17H,7-11H2,1-2H3. The summed E-state index contributed by atoms with van der Waals surface area (Å²) < 4.78 is 12.5. The normalized spacial score (nSPS) is 25.1. The van der Waals surface area contributed by atoms with Gasteiger partial charge in [-0.25, -0.2) is 0 Å². The minimum atomic E-state index is -0.0286. The van der Waals surface area contributed by atoms with Crippen LogP contribution in [-0.4, -0.2) is 24.8 Å². The van der Waals surface area contributed by atoms with E-state index in [-0.39, 0.29) is 17.8 Å². The van der Waals surface area contributed by atoms with Gasteiger partial charge in [-0.1, -0.05) is 18.2 Å². The van der Waals surface area contributed by atoms with E-state index in [1.807, 2.05) is 6.07 Å². The highest BCUT2D eigenvalue weighted by Crippen LogP contribution is 2.45. The maximum Gasteiger partial charge on any atom is 0.125 e. The maximum absolute atomic E-state index is 6.35. The minimum absolute atomic E-state index is 0.0286. The Balaban J connectivity index is 1.91. The number of nitrogens with one attached hydrogen (secondary N) is 1. The molecule has 3 rings (SSSR count). The first-order valence-electron chi connectivity index (χ1n) is 7.33. The third kappa shape index (κ3) is 2.63. The summed E-state index contributed by atoms with van der Waals surface area (Å²) in [4.78, 5) is 0. The summed E-state index contributed by atoms with van der Waals surface area (Å²) >= 11 is 0. The minimum Gasteiger partial charge on any atom is -0.487 e. The molecule has 3 heteroatoms. The lowest BCUT2D eigenvalue weighted by Gasteiger charge is -2.44. The lowest BCUT2D eigenvalue weighted by molar-refractivity contribution is -0.0793. The van der Waals surface area contributed by atoms with Crippen LogP contribution in [0.15, 0.2) is 24.3 Å². The van der Waals surface area contributed by atoms with Crippen LogP contribution in [0.25, 0.3) is 0 Å². The summed E-state index contributed by atoms with van der Waals surface area (Å²) in [6.45, 7) is 6.29. The zero-order valence-corrected chi connectivity index (χ0v) is 11.8. The topological polar surface area (TPSA) is 30.5 Å².